The van der Waals surface area contributed by atoms with Crippen LogP contribution < -0.4 is 0 Å². The lowest BCUT2D eigenvalue weighted by Gasteiger charge is -2.09. The van der Waals surface area contributed by atoms with Gasteiger partial charge in [0.1, 0.15) is 0 Å². The van der Waals surface area contributed by atoms with Crippen LogP contribution >= 0.6 is 0 Å². The Morgan fingerprint density at radius 2 is 1.58 bits per heavy atom. The van der Waals surface area contributed by atoms with Crippen LogP contribution in [0, 0.1) is 0 Å². The minimum absolute atomic E-state index is 0.818. The fourth-order valence-electron chi connectivity index (χ4n) is 3.87. The van der Waals surface area contributed by atoms with Crippen LogP contribution in [0.3, 0.4) is 0 Å². The van der Waals surface area contributed by atoms with E-state index in [0.29, 0.717) is 0 Å². The Morgan fingerprint density at radius 1 is 0.731 bits per heavy atom. The third kappa shape index (κ3) is 1.68. The summed E-state index contributed by atoms with van der Waals surface area (Å²) in [6.07, 6.45) is 3.54. The Balaban J connectivity index is 1.92. The predicted molar refractivity (Wildman–Crippen MR) is 104 cm³/mol. The van der Waals surface area contributed by atoms with E-state index in [1.54, 1.807) is 12.5 Å². The van der Waals surface area contributed by atoms with Crippen LogP contribution in [0.5, 0.6) is 0 Å². The number of para-hydroxylation sites is 1. The van der Waals surface area contributed by atoms with E-state index >= 15 is 0 Å². The van der Waals surface area contributed by atoms with Crippen molar-refractivity contribution in [3.05, 3.63) is 79.2 Å². The zero-order valence-corrected chi connectivity index (χ0v) is 13.8. The quantitative estimate of drug-likeness (QED) is 0.400. The Hall–Kier alpha value is -3.66. The maximum atomic E-state index is 5.87. The first kappa shape index (κ1) is 13.6. The average Bonchev–Trinajstić information content (AvgIpc) is 3.30. The topological polar surface area (TPSA) is 43.9 Å². The molecule has 0 saturated heterocycles. The number of aromatic nitrogens is 3. The highest BCUT2D eigenvalue weighted by atomic mass is 16.3. The summed E-state index contributed by atoms with van der Waals surface area (Å²) in [6, 6.07) is 22.8. The minimum atomic E-state index is 0.818. The molecule has 0 aliphatic heterocycles. The number of fused-ring (bicyclic) bond motifs is 6. The number of furan rings is 1. The van der Waals surface area contributed by atoms with Crippen molar-refractivity contribution in [1.29, 1.82) is 0 Å². The van der Waals surface area contributed by atoms with Crippen LogP contribution in [0.25, 0.3) is 49.4 Å². The predicted octanol–water partition coefficient (Wildman–Crippen LogP) is 5.47. The number of hydrogen-bond acceptors (Lipinski definition) is 3. The van der Waals surface area contributed by atoms with Gasteiger partial charge in [0.2, 0.25) is 0 Å². The highest BCUT2D eigenvalue weighted by Gasteiger charge is 2.18. The molecule has 3 heterocycles. The Labute approximate surface area is 148 Å². The van der Waals surface area contributed by atoms with E-state index in [-0.39, 0.29) is 0 Å². The summed E-state index contributed by atoms with van der Waals surface area (Å²) in [6.45, 7) is 0. The third-order valence-corrected chi connectivity index (χ3v) is 5.02. The molecular formula is C22H13N3O. The van der Waals surface area contributed by atoms with Crippen molar-refractivity contribution < 1.29 is 4.42 Å². The average molecular weight is 335 g/mol. The molecule has 26 heavy (non-hydrogen) atoms. The maximum Gasteiger partial charge on any atom is 0.168 e. The summed E-state index contributed by atoms with van der Waals surface area (Å²) in [7, 11) is 0. The lowest BCUT2D eigenvalue weighted by molar-refractivity contribution is 0.618. The molecule has 0 bridgehead atoms. The van der Waals surface area contributed by atoms with Crippen LogP contribution in [-0.4, -0.2) is 14.8 Å². The number of hydrogen-bond donors (Lipinski definition) is 0. The molecule has 0 fully saturated rings. The van der Waals surface area contributed by atoms with Gasteiger partial charge in [0.25, 0.3) is 0 Å². The zero-order chi connectivity index (χ0) is 17.1. The summed E-state index contributed by atoms with van der Waals surface area (Å²) < 4.78 is 8.04. The highest BCUT2D eigenvalue weighted by Crippen LogP contribution is 2.37. The number of rotatable bonds is 1. The molecule has 0 saturated carbocycles. The molecule has 3 aromatic carbocycles. The monoisotopic (exact) mass is 335 g/mol. The van der Waals surface area contributed by atoms with Crippen molar-refractivity contribution in [3.63, 3.8) is 0 Å². The fourth-order valence-corrected chi connectivity index (χ4v) is 3.87. The third-order valence-electron chi connectivity index (χ3n) is 5.02. The van der Waals surface area contributed by atoms with Gasteiger partial charge in [-0.15, -0.1) is 5.10 Å². The van der Waals surface area contributed by atoms with E-state index in [1.165, 1.54) is 5.39 Å². The zero-order valence-electron chi connectivity index (χ0n) is 13.8. The van der Waals surface area contributed by atoms with Crippen LogP contribution in [-0.2, 0) is 0 Å². The van der Waals surface area contributed by atoms with Gasteiger partial charge >= 0.3 is 0 Å². The van der Waals surface area contributed by atoms with Crippen molar-refractivity contribution in [3.8, 4) is 5.82 Å². The van der Waals surface area contributed by atoms with E-state index in [1.807, 2.05) is 18.2 Å². The first-order valence-corrected chi connectivity index (χ1v) is 8.52. The standard InChI is InChI=1S/C22H13N3O/c1-2-6-16-15(5-1)13-23-24-22(16)25-19-8-4-3-7-17(19)18-10-9-14-11-12-26-21(14)20(18)25/h1-13H. The van der Waals surface area contributed by atoms with E-state index in [4.69, 9.17) is 4.42 Å². The molecule has 0 unspecified atom stereocenters. The van der Waals surface area contributed by atoms with Crippen molar-refractivity contribution in [2.75, 3.05) is 0 Å². The molecule has 0 amide bonds. The largest absolute Gasteiger partial charge is 0.462 e. The molecule has 6 aromatic rings. The molecule has 122 valence electrons. The summed E-state index contributed by atoms with van der Waals surface area (Å²) >= 11 is 0. The molecule has 4 heteroatoms. The molecule has 0 aliphatic rings. The molecule has 0 radical (unpaired) electrons. The fraction of sp³-hybridized carbons (Fsp3) is 0. The van der Waals surface area contributed by atoms with Crippen LogP contribution in [0.15, 0.2) is 83.6 Å². The Morgan fingerprint density at radius 3 is 2.54 bits per heavy atom. The molecule has 4 nitrogen and oxygen atoms in total. The Bertz CT molecular complexity index is 1440. The first-order chi connectivity index (χ1) is 12.9. The molecule has 0 atom stereocenters. The molecular weight excluding hydrogens is 322 g/mol. The summed E-state index contributed by atoms with van der Waals surface area (Å²) in [4.78, 5) is 0. The van der Waals surface area contributed by atoms with Crippen molar-refractivity contribution in [2.45, 2.75) is 0 Å². The smallest absolute Gasteiger partial charge is 0.168 e. The lowest BCUT2D eigenvalue weighted by atomic mass is 10.1. The second-order valence-corrected chi connectivity index (χ2v) is 6.41. The van der Waals surface area contributed by atoms with E-state index < -0.39 is 0 Å². The summed E-state index contributed by atoms with van der Waals surface area (Å²) in [5.41, 5.74) is 2.99. The van der Waals surface area contributed by atoms with Crippen molar-refractivity contribution >= 4 is 43.5 Å². The Kier molecular flexibility index (Phi) is 2.58. The first-order valence-electron chi connectivity index (χ1n) is 8.52. The van der Waals surface area contributed by atoms with Gasteiger partial charge in [-0.05, 0) is 12.1 Å². The molecule has 6 rings (SSSR count). The molecule has 3 aromatic heterocycles. The lowest BCUT2D eigenvalue weighted by Crippen LogP contribution is -2.00. The van der Waals surface area contributed by atoms with Gasteiger partial charge in [0.15, 0.2) is 11.4 Å². The van der Waals surface area contributed by atoms with Gasteiger partial charge in [0, 0.05) is 26.9 Å². The second-order valence-electron chi connectivity index (χ2n) is 6.41. The van der Waals surface area contributed by atoms with Gasteiger partial charge < -0.3 is 4.42 Å². The van der Waals surface area contributed by atoms with Crippen molar-refractivity contribution in [1.82, 2.24) is 14.8 Å². The van der Waals surface area contributed by atoms with Gasteiger partial charge in [-0.2, -0.15) is 5.10 Å². The minimum Gasteiger partial charge on any atom is -0.462 e. The van der Waals surface area contributed by atoms with E-state index in [0.717, 1.165) is 44.0 Å². The maximum absolute atomic E-state index is 5.87. The van der Waals surface area contributed by atoms with Gasteiger partial charge in [-0.1, -0.05) is 54.6 Å². The second kappa shape index (κ2) is 4.92. The van der Waals surface area contributed by atoms with Crippen LogP contribution in [0.4, 0.5) is 0 Å². The molecule has 0 spiro atoms. The highest BCUT2D eigenvalue weighted by molar-refractivity contribution is 6.17. The SMILES string of the molecule is c1ccc2c(-n3c4ccccc4c4ccc5ccoc5c43)nncc2c1. The van der Waals surface area contributed by atoms with Gasteiger partial charge in [-0.25, -0.2) is 0 Å². The normalized spacial score (nSPS) is 11.8. The summed E-state index contributed by atoms with van der Waals surface area (Å²) in [5.74, 6) is 0.818. The van der Waals surface area contributed by atoms with E-state index in [2.05, 4.69) is 63.3 Å². The van der Waals surface area contributed by atoms with Crippen molar-refractivity contribution in [2.24, 2.45) is 0 Å². The number of nitrogens with zero attached hydrogens (tertiary/aromatic N) is 3. The van der Waals surface area contributed by atoms with Gasteiger partial charge in [-0.3, -0.25) is 4.57 Å². The van der Waals surface area contributed by atoms with Gasteiger partial charge in [0.05, 0.1) is 23.5 Å². The molecule has 0 aliphatic carbocycles. The van der Waals surface area contributed by atoms with Crippen LogP contribution in [0.1, 0.15) is 0 Å². The molecule has 0 N–H and O–H groups in total. The van der Waals surface area contributed by atoms with E-state index in [9.17, 15) is 0 Å². The number of benzene rings is 3. The van der Waals surface area contributed by atoms with Crippen LogP contribution in [0.2, 0.25) is 0 Å². The summed E-state index contributed by atoms with van der Waals surface area (Å²) in [5, 5.41) is 14.3.